The highest BCUT2D eigenvalue weighted by atomic mass is 35.5. The van der Waals surface area contributed by atoms with Crippen LogP contribution in [0.3, 0.4) is 0 Å². The van der Waals surface area contributed by atoms with Crippen LogP contribution in [0, 0.1) is 13.8 Å². The first kappa shape index (κ1) is 20.0. The van der Waals surface area contributed by atoms with Crippen LogP contribution >= 0.6 is 35.0 Å². The zero-order valence-corrected chi connectivity index (χ0v) is 17.1. The van der Waals surface area contributed by atoms with Crippen LogP contribution in [-0.2, 0) is 17.8 Å². The summed E-state index contributed by atoms with van der Waals surface area (Å²) in [5, 5.41) is 1.78. The molecule has 2 rings (SSSR count). The lowest BCUT2D eigenvalue weighted by Crippen LogP contribution is -2.26. The van der Waals surface area contributed by atoms with Gasteiger partial charge in [-0.05, 0) is 49.8 Å². The molecule has 0 fully saturated rings. The first-order valence-corrected chi connectivity index (χ1v) is 9.86. The van der Waals surface area contributed by atoms with E-state index in [1.165, 1.54) is 11.8 Å². The van der Waals surface area contributed by atoms with Crippen molar-refractivity contribution in [2.24, 2.45) is 0 Å². The molecule has 0 saturated heterocycles. The molecule has 0 aliphatic carbocycles. The fourth-order valence-corrected chi connectivity index (χ4v) is 3.36. The Hall–Kier alpha value is -1.30. The van der Waals surface area contributed by atoms with Crippen LogP contribution in [0.25, 0.3) is 0 Å². The van der Waals surface area contributed by atoms with E-state index in [1.54, 1.807) is 24.1 Å². The second-order valence-electron chi connectivity index (χ2n) is 5.86. The number of carbonyl (C=O) groups excluding carboxylic acids is 1. The van der Waals surface area contributed by atoms with Crippen LogP contribution < -0.4 is 0 Å². The standard InChI is InChI=1S/C18H21Cl2N3OS/c1-11-14(12(2)22-18(21-11)25-4)6-8-17(24)23(3)10-13-5-7-15(19)16(20)9-13/h5,7,9H,6,8,10H2,1-4H3. The summed E-state index contributed by atoms with van der Waals surface area (Å²) in [6.45, 7) is 4.43. The zero-order valence-electron chi connectivity index (χ0n) is 14.8. The van der Waals surface area contributed by atoms with Crippen molar-refractivity contribution >= 4 is 40.9 Å². The van der Waals surface area contributed by atoms with Crippen LogP contribution in [0.4, 0.5) is 0 Å². The Labute approximate surface area is 162 Å². The van der Waals surface area contributed by atoms with E-state index in [2.05, 4.69) is 9.97 Å². The summed E-state index contributed by atoms with van der Waals surface area (Å²) < 4.78 is 0. The number of halogens is 2. The van der Waals surface area contributed by atoms with E-state index in [-0.39, 0.29) is 5.91 Å². The Morgan fingerprint density at radius 2 is 1.80 bits per heavy atom. The molecule has 0 radical (unpaired) electrons. The van der Waals surface area contributed by atoms with Crippen molar-refractivity contribution in [1.82, 2.24) is 14.9 Å². The normalized spacial score (nSPS) is 10.8. The number of nitrogens with zero attached hydrogens (tertiary/aromatic N) is 3. The van der Waals surface area contributed by atoms with E-state index in [0.717, 1.165) is 27.7 Å². The van der Waals surface area contributed by atoms with E-state index in [9.17, 15) is 4.79 Å². The monoisotopic (exact) mass is 397 g/mol. The molecule has 4 nitrogen and oxygen atoms in total. The maximum absolute atomic E-state index is 12.4. The fraction of sp³-hybridized carbons (Fsp3) is 0.389. The van der Waals surface area contributed by atoms with Gasteiger partial charge in [-0.15, -0.1) is 0 Å². The maximum Gasteiger partial charge on any atom is 0.222 e. The van der Waals surface area contributed by atoms with Crippen molar-refractivity contribution in [3.05, 3.63) is 50.8 Å². The predicted molar refractivity (Wildman–Crippen MR) is 105 cm³/mol. The van der Waals surface area contributed by atoms with Gasteiger partial charge in [0.05, 0.1) is 10.0 Å². The van der Waals surface area contributed by atoms with E-state index in [4.69, 9.17) is 23.2 Å². The van der Waals surface area contributed by atoms with Gasteiger partial charge in [-0.3, -0.25) is 4.79 Å². The lowest BCUT2D eigenvalue weighted by Gasteiger charge is -2.18. The molecule has 0 N–H and O–H groups in total. The zero-order chi connectivity index (χ0) is 18.6. The van der Waals surface area contributed by atoms with Gasteiger partial charge in [0.15, 0.2) is 5.16 Å². The smallest absolute Gasteiger partial charge is 0.222 e. The average Bonchev–Trinajstić information content (AvgIpc) is 2.56. The van der Waals surface area contributed by atoms with Crippen LogP contribution in [0.1, 0.15) is 28.9 Å². The minimum absolute atomic E-state index is 0.0683. The molecule has 1 heterocycles. The molecule has 7 heteroatoms. The van der Waals surface area contributed by atoms with Crippen molar-refractivity contribution < 1.29 is 4.79 Å². The molecule has 0 spiro atoms. The summed E-state index contributed by atoms with van der Waals surface area (Å²) in [6, 6.07) is 5.41. The molecule has 0 atom stereocenters. The number of amides is 1. The van der Waals surface area contributed by atoms with Gasteiger partial charge in [0.1, 0.15) is 0 Å². The van der Waals surface area contributed by atoms with E-state index < -0.39 is 0 Å². The lowest BCUT2D eigenvalue weighted by atomic mass is 10.1. The first-order chi connectivity index (χ1) is 11.8. The predicted octanol–water partition coefficient (Wildman–Crippen LogP) is 4.71. The third-order valence-corrected chi connectivity index (χ3v) is 5.29. The second-order valence-corrected chi connectivity index (χ2v) is 7.45. The van der Waals surface area contributed by atoms with Crippen molar-refractivity contribution in [3.63, 3.8) is 0 Å². The molecule has 1 aromatic carbocycles. The summed E-state index contributed by atoms with van der Waals surface area (Å²) in [6.07, 6.45) is 3.01. The van der Waals surface area contributed by atoms with Crippen molar-refractivity contribution in [1.29, 1.82) is 0 Å². The van der Waals surface area contributed by atoms with E-state index >= 15 is 0 Å². The van der Waals surface area contributed by atoms with Gasteiger partial charge in [0.25, 0.3) is 0 Å². The molecule has 0 unspecified atom stereocenters. The van der Waals surface area contributed by atoms with Crippen LogP contribution in [-0.4, -0.2) is 34.1 Å². The summed E-state index contributed by atoms with van der Waals surface area (Å²) >= 11 is 13.5. The SMILES string of the molecule is CSc1nc(C)c(CCC(=O)N(C)Cc2ccc(Cl)c(Cl)c2)c(C)n1. The number of aromatic nitrogens is 2. The van der Waals surface area contributed by atoms with Gasteiger partial charge in [0.2, 0.25) is 5.91 Å². The minimum atomic E-state index is 0.0683. The summed E-state index contributed by atoms with van der Waals surface area (Å²) in [5.41, 5.74) is 3.88. The molecule has 0 aliphatic rings. The van der Waals surface area contributed by atoms with Gasteiger partial charge in [-0.1, -0.05) is 41.0 Å². The van der Waals surface area contributed by atoms with Gasteiger partial charge in [-0.2, -0.15) is 0 Å². The molecular weight excluding hydrogens is 377 g/mol. The molecule has 0 bridgehead atoms. The van der Waals surface area contributed by atoms with Gasteiger partial charge in [-0.25, -0.2) is 9.97 Å². The van der Waals surface area contributed by atoms with E-state index in [1.807, 2.05) is 26.2 Å². The highest BCUT2D eigenvalue weighted by Crippen LogP contribution is 2.23. The summed E-state index contributed by atoms with van der Waals surface area (Å²) in [5.74, 6) is 0.0683. The molecule has 1 aromatic heterocycles. The molecule has 1 amide bonds. The Morgan fingerprint density at radius 1 is 1.16 bits per heavy atom. The Kier molecular flexibility index (Phi) is 7.11. The number of hydrogen-bond acceptors (Lipinski definition) is 4. The van der Waals surface area contributed by atoms with Crippen molar-refractivity contribution in [3.8, 4) is 0 Å². The quantitative estimate of drug-likeness (QED) is 0.522. The maximum atomic E-state index is 12.4. The topological polar surface area (TPSA) is 46.1 Å². The number of aryl methyl sites for hydroxylation is 2. The van der Waals surface area contributed by atoms with Crippen molar-refractivity contribution in [2.45, 2.75) is 38.4 Å². The number of rotatable bonds is 6. The molecule has 0 aliphatic heterocycles. The summed E-state index contributed by atoms with van der Waals surface area (Å²) in [4.78, 5) is 23.1. The molecule has 0 saturated carbocycles. The lowest BCUT2D eigenvalue weighted by molar-refractivity contribution is -0.130. The molecule has 134 valence electrons. The van der Waals surface area contributed by atoms with Gasteiger partial charge in [0, 0.05) is 31.4 Å². The third kappa shape index (κ3) is 5.33. The van der Waals surface area contributed by atoms with Crippen LogP contribution in [0.5, 0.6) is 0 Å². The van der Waals surface area contributed by atoms with Crippen molar-refractivity contribution in [2.75, 3.05) is 13.3 Å². The third-order valence-electron chi connectivity index (χ3n) is 4.00. The average molecular weight is 398 g/mol. The number of carbonyl (C=O) groups is 1. The fourth-order valence-electron chi connectivity index (χ4n) is 2.58. The minimum Gasteiger partial charge on any atom is -0.341 e. The molecule has 2 aromatic rings. The Bertz CT molecular complexity index is 760. The highest BCUT2D eigenvalue weighted by Gasteiger charge is 2.14. The Morgan fingerprint density at radius 3 is 2.36 bits per heavy atom. The second kappa shape index (κ2) is 8.88. The van der Waals surface area contributed by atoms with Gasteiger partial charge < -0.3 is 4.90 Å². The van der Waals surface area contributed by atoms with Crippen LogP contribution in [0.15, 0.2) is 23.4 Å². The number of benzene rings is 1. The number of hydrogen-bond donors (Lipinski definition) is 0. The Balaban J connectivity index is 1.99. The largest absolute Gasteiger partial charge is 0.341 e. The summed E-state index contributed by atoms with van der Waals surface area (Å²) in [7, 11) is 1.79. The number of thioether (sulfide) groups is 1. The van der Waals surface area contributed by atoms with Crippen LogP contribution in [0.2, 0.25) is 10.0 Å². The molecule has 25 heavy (non-hydrogen) atoms. The van der Waals surface area contributed by atoms with E-state index in [0.29, 0.717) is 29.4 Å². The molecular formula is C18H21Cl2N3OS. The first-order valence-electron chi connectivity index (χ1n) is 7.87. The highest BCUT2D eigenvalue weighted by molar-refractivity contribution is 7.98. The van der Waals surface area contributed by atoms with Gasteiger partial charge >= 0.3 is 0 Å².